The fourth-order valence-corrected chi connectivity index (χ4v) is 5.61. The number of aromatic hydroxyl groups is 1. The second-order valence-electron chi connectivity index (χ2n) is 9.04. The summed E-state index contributed by atoms with van der Waals surface area (Å²) in [4.78, 5) is 27.3. The predicted octanol–water partition coefficient (Wildman–Crippen LogP) is 3.01. The van der Waals surface area contributed by atoms with Crippen LogP contribution in [0.2, 0.25) is 0 Å². The van der Waals surface area contributed by atoms with Crippen molar-refractivity contribution in [1.82, 2.24) is 14.7 Å². The van der Waals surface area contributed by atoms with E-state index in [9.17, 15) is 19.1 Å². The van der Waals surface area contributed by atoms with Gasteiger partial charge in [0.2, 0.25) is 5.43 Å². The van der Waals surface area contributed by atoms with Crippen molar-refractivity contribution in [3.05, 3.63) is 93.5 Å². The zero-order valence-electron chi connectivity index (χ0n) is 19.1. The first-order valence-corrected chi connectivity index (χ1v) is 11.6. The molecule has 4 aromatic rings. The van der Waals surface area contributed by atoms with Crippen LogP contribution in [-0.4, -0.2) is 51.7 Å². The van der Waals surface area contributed by atoms with Crippen LogP contribution in [0.25, 0.3) is 22.5 Å². The Morgan fingerprint density at radius 2 is 1.86 bits per heavy atom. The van der Waals surface area contributed by atoms with E-state index in [0.717, 1.165) is 12.1 Å². The number of halogens is 2. The molecule has 0 bridgehead atoms. The number of fused-ring (bicyclic) bond motifs is 7. The van der Waals surface area contributed by atoms with Gasteiger partial charge in [0.15, 0.2) is 28.8 Å². The third kappa shape index (κ3) is 2.88. The quantitative estimate of drug-likeness (QED) is 0.425. The van der Waals surface area contributed by atoms with Gasteiger partial charge in [0.1, 0.15) is 6.17 Å². The van der Waals surface area contributed by atoms with Crippen LogP contribution in [0.15, 0.2) is 64.2 Å². The minimum absolute atomic E-state index is 0.0237. The Morgan fingerprint density at radius 1 is 1.03 bits per heavy atom. The Balaban J connectivity index is 1.59. The minimum atomic E-state index is -1.06. The Morgan fingerprint density at radius 3 is 2.73 bits per heavy atom. The van der Waals surface area contributed by atoms with Gasteiger partial charge in [-0.1, -0.05) is 35.5 Å². The number of carbonyl (C=O) groups excluding carboxylic acids is 1. The molecule has 186 valence electrons. The predicted molar refractivity (Wildman–Crippen MR) is 125 cm³/mol. The number of amides is 1. The zero-order chi connectivity index (χ0) is 25.4. The van der Waals surface area contributed by atoms with Crippen molar-refractivity contribution in [3.63, 3.8) is 0 Å². The Bertz CT molecular complexity index is 1670. The van der Waals surface area contributed by atoms with E-state index in [2.05, 4.69) is 5.16 Å². The van der Waals surface area contributed by atoms with E-state index in [4.69, 9.17) is 9.26 Å². The fourth-order valence-electron chi connectivity index (χ4n) is 5.61. The average molecular weight is 504 g/mol. The molecule has 1 saturated heterocycles. The van der Waals surface area contributed by atoms with Gasteiger partial charge >= 0.3 is 0 Å². The van der Waals surface area contributed by atoms with E-state index in [-0.39, 0.29) is 42.3 Å². The molecule has 1 N–H and O–H groups in total. The highest BCUT2D eigenvalue weighted by molar-refractivity contribution is 5.97. The maximum Gasteiger partial charge on any atom is 0.278 e. The highest BCUT2D eigenvalue weighted by Gasteiger charge is 2.47. The molecule has 3 aliphatic rings. The van der Waals surface area contributed by atoms with Crippen molar-refractivity contribution in [2.45, 2.75) is 12.2 Å². The molecule has 1 amide bonds. The summed E-state index contributed by atoms with van der Waals surface area (Å²) < 4.78 is 42.9. The number of aromatic nitrogens is 2. The first kappa shape index (κ1) is 21.7. The van der Waals surface area contributed by atoms with Crippen LogP contribution in [0.5, 0.6) is 5.75 Å². The number of carbonyl (C=O) groups is 1. The molecule has 1 aliphatic carbocycles. The molecular weight excluding hydrogens is 486 g/mol. The van der Waals surface area contributed by atoms with Crippen LogP contribution in [0.1, 0.15) is 27.7 Å². The molecule has 2 atom stereocenters. The third-order valence-corrected chi connectivity index (χ3v) is 7.20. The molecule has 0 unspecified atom stereocenters. The van der Waals surface area contributed by atoms with Crippen molar-refractivity contribution in [3.8, 4) is 28.2 Å². The summed E-state index contributed by atoms with van der Waals surface area (Å²) in [6.07, 6.45) is 2.06. The molecule has 9 nitrogen and oxygen atoms in total. The van der Waals surface area contributed by atoms with Crippen molar-refractivity contribution in [1.29, 1.82) is 0 Å². The molecule has 1 fully saturated rings. The van der Waals surface area contributed by atoms with E-state index >= 15 is 4.39 Å². The SMILES string of the molecule is O=C1c2c(O)c(=O)ccn2N([C@@H]2c3ccccc3-c3oncc3-c3c2ccc(F)c3F)[C@@H]2COCCN12. The van der Waals surface area contributed by atoms with Crippen molar-refractivity contribution >= 4 is 5.91 Å². The van der Waals surface area contributed by atoms with Gasteiger partial charge in [0, 0.05) is 29.9 Å². The van der Waals surface area contributed by atoms with Gasteiger partial charge in [-0.15, -0.1) is 0 Å². The van der Waals surface area contributed by atoms with E-state index in [1.165, 1.54) is 28.0 Å². The van der Waals surface area contributed by atoms with E-state index in [1.54, 1.807) is 23.2 Å². The smallest absolute Gasteiger partial charge is 0.278 e. The van der Waals surface area contributed by atoms with Gasteiger partial charge in [-0.25, -0.2) is 8.78 Å². The maximum atomic E-state index is 15.6. The van der Waals surface area contributed by atoms with E-state index in [0.29, 0.717) is 16.7 Å². The van der Waals surface area contributed by atoms with Gasteiger partial charge in [0.25, 0.3) is 5.91 Å². The third-order valence-electron chi connectivity index (χ3n) is 7.20. The van der Waals surface area contributed by atoms with Crippen LogP contribution in [0.4, 0.5) is 8.78 Å². The summed E-state index contributed by atoms with van der Waals surface area (Å²) in [5.74, 6) is -3.04. The van der Waals surface area contributed by atoms with Gasteiger partial charge < -0.3 is 19.3 Å². The molecule has 7 rings (SSSR count). The summed E-state index contributed by atoms with van der Waals surface area (Å²) in [6, 6.07) is 10.1. The molecule has 4 heterocycles. The first-order chi connectivity index (χ1) is 18.0. The number of ether oxygens (including phenoxy) is 1. The minimum Gasteiger partial charge on any atom is -0.502 e. The monoisotopic (exact) mass is 504 g/mol. The molecule has 0 spiro atoms. The Labute approximate surface area is 207 Å². The summed E-state index contributed by atoms with van der Waals surface area (Å²) in [5, 5.41) is 16.3. The Kier molecular flexibility index (Phi) is 4.55. The fraction of sp³-hybridized carbons (Fsp3) is 0.192. The number of rotatable bonds is 1. The second-order valence-corrected chi connectivity index (χ2v) is 9.04. The summed E-state index contributed by atoms with van der Waals surface area (Å²) in [6.45, 7) is 0.596. The molecule has 11 heteroatoms. The van der Waals surface area contributed by atoms with Gasteiger partial charge in [0.05, 0.1) is 31.0 Å². The number of morpholine rings is 1. The first-order valence-electron chi connectivity index (χ1n) is 11.6. The number of hydrogen-bond acceptors (Lipinski definition) is 7. The summed E-state index contributed by atoms with van der Waals surface area (Å²) in [5.41, 5.74) is 0.995. The molecule has 2 aromatic heterocycles. The summed E-state index contributed by atoms with van der Waals surface area (Å²) >= 11 is 0. The zero-order valence-corrected chi connectivity index (χ0v) is 19.1. The van der Waals surface area contributed by atoms with Crippen LogP contribution < -0.4 is 10.4 Å². The molecule has 2 aromatic carbocycles. The lowest BCUT2D eigenvalue weighted by atomic mass is 9.92. The number of benzene rings is 2. The Hall–Kier alpha value is -4.51. The molecular formula is C26H18F2N4O5. The largest absolute Gasteiger partial charge is 0.502 e. The van der Waals surface area contributed by atoms with Crippen molar-refractivity contribution in [2.24, 2.45) is 0 Å². The lowest BCUT2D eigenvalue weighted by molar-refractivity contribution is -0.0196. The van der Waals surface area contributed by atoms with Gasteiger partial charge in [-0.3, -0.25) is 19.3 Å². The maximum absolute atomic E-state index is 15.6. The van der Waals surface area contributed by atoms with E-state index in [1.807, 2.05) is 6.07 Å². The molecule has 0 saturated carbocycles. The van der Waals surface area contributed by atoms with Crippen LogP contribution in [0, 0.1) is 11.6 Å². The molecule has 0 radical (unpaired) electrons. The summed E-state index contributed by atoms with van der Waals surface area (Å²) in [7, 11) is 0. The lowest BCUT2D eigenvalue weighted by Crippen LogP contribution is -2.66. The normalized spacial score (nSPS) is 19.9. The highest BCUT2D eigenvalue weighted by Crippen LogP contribution is 2.49. The van der Waals surface area contributed by atoms with Crippen molar-refractivity contribution in [2.75, 3.05) is 24.8 Å². The highest BCUT2D eigenvalue weighted by atomic mass is 19.2. The van der Waals surface area contributed by atoms with Crippen LogP contribution in [0.3, 0.4) is 0 Å². The second kappa shape index (κ2) is 7.74. The number of hydrogen-bond donors (Lipinski definition) is 1. The van der Waals surface area contributed by atoms with Gasteiger partial charge in [-0.2, -0.15) is 0 Å². The van der Waals surface area contributed by atoms with Crippen LogP contribution >= 0.6 is 0 Å². The van der Waals surface area contributed by atoms with Crippen LogP contribution in [-0.2, 0) is 4.74 Å². The van der Waals surface area contributed by atoms with Gasteiger partial charge in [-0.05, 0) is 17.2 Å². The van der Waals surface area contributed by atoms with Crippen molar-refractivity contribution < 1.29 is 27.9 Å². The molecule has 2 aliphatic heterocycles. The topological polar surface area (TPSA) is 101 Å². The molecule has 37 heavy (non-hydrogen) atoms. The number of nitrogens with zero attached hydrogens (tertiary/aromatic N) is 4. The number of pyridine rings is 1. The lowest BCUT2D eigenvalue weighted by Gasteiger charge is -2.51. The average Bonchev–Trinajstić information content (AvgIpc) is 3.35. The van der Waals surface area contributed by atoms with E-state index < -0.39 is 40.9 Å². The standard InChI is InChI=1S/C26H18F2N4O5/c27-17-6-5-15-20(21(17)28)16-11-29-37-25(16)14-4-2-1-3-13(14)22(15)32-19-12-36-10-9-30(19)26(35)23-24(34)18(33)7-8-31(23)32/h1-8,11,19,22,34H,9-10,12H2/t19-,22-/m1/s1.